The van der Waals surface area contributed by atoms with Gasteiger partial charge in [-0.05, 0) is 24.3 Å². The molecule has 0 aliphatic carbocycles. The van der Waals surface area contributed by atoms with Crippen LogP contribution in [0.15, 0.2) is 46.2 Å². The number of hydrazine groups is 2. The summed E-state index contributed by atoms with van der Waals surface area (Å²) in [5.41, 5.74) is -1.03. The fraction of sp³-hybridized carbons (Fsp3) is 0.143. The second-order valence-corrected chi connectivity index (χ2v) is 7.49. The van der Waals surface area contributed by atoms with Gasteiger partial charge < -0.3 is 10.0 Å². The van der Waals surface area contributed by atoms with Gasteiger partial charge in [0.15, 0.2) is 0 Å². The van der Waals surface area contributed by atoms with E-state index in [1.165, 1.54) is 26.2 Å². The SMILES string of the molecule is CN(N)c1ccc(S(=O)(=O)c2ccc(N(C)N)c([N+](=O)[O-])c2)cc1[N+](=O)[O-]. The van der Waals surface area contributed by atoms with Gasteiger partial charge >= 0.3 is 0 Å². The third-order valence-corrected chi connectivity index (χ3v) is 5.42. The second kappa shape index (κ2) is 7.14. The molecule has 2 aromatic carbocycles. The zero-order valence-electron chi connectivity index (χ0n) is 14.3. The van der Waals surface area contributed by atoms with Gasteiger partial charge in [-0.15, -0.1) is 0 Å². The zero-order chi connectivity index (χ0) is 20.5. The van der Waals surface area contributed by atoms with Crippen molar-refractivity contribution in [2.24, 2.45) is 11.7 Å². The Labute approximate surface area is 153 Å². The number of nitrogens with two attached hydrogens (primary N) is 2. The number of anilines is 2. The predicted molar refractivity (Wildman–Crippen MR) is 96.8 cm³/mol. The van der Waals surface area contributed by atoms with Crippen LogP contribution in [0.2, 0.25) is 0 Å². The molecule has 0 unspecified atom stereocenters. The summed E-state index contributed by atoms with van der Waals surface area (Å²) < 4.78 is 25.6. The van der Waals surface area contributed by atoms with E-state index >= 15 is 0 Å². The molecule has 0 atom stereocenters. The van der Waals surface area contributed by atoms with Crippen LogP contribution in [0.5, 0.6) is 0 Å². The minimum absolute atomic E-state index is 0.00466. The Bertz CT molecular complexity index is 945. The molecule has 0 radical (unpaired) electrons. The van der Waals surface area contributed by atoms with E-state index in [2.05, 4.69) is 0 Å². The summed E-state index contributed by atoms with van der Waals surface area (Å²) in [6.45, 7) is 0. The molecule has 0 fully saturated rings. The van der Waals surface area contributed by atoms with E-state index in [1.54, 1.807) is 0 Å². The topological polar surface area (TPSA) is 179 Å². The molecule has 12 nitrogen and oxygen atoms in total. The van der Waals surface area contributed by atoms with Crippen LogP contribution in [0.4, 0.5) is 22.7 Å². The first-order valence-corrected chi connectivity index (χ1v) is 8.74. The van der Waals surface area contributed by atoms with Crippen molar-refractivity contribution in [3.8, 4) is 0 Å². The molecule has 0 saturated carbocycles. The highest BCUT2D eigenvalue weighted by molar-refractivity contribution is 7.91. The van der Waals surface area contributed by atoms with E-state index in [4.69, 9.17) is 11.7 Å². The van der Waals surface area contributed by atoms with Crippen molar-refractivity contribution in [3.05, 3.63) is 56.6 Å². The number of rotatable bonds is 6. The first-order chi connectivity index (χ1) is 12.5. The number of nitrogens with zero attached hydrogens (tertiary/aromatic N) is 4. The van der Waals surface area contributed by atoms with Crippen molar-refractivity contribution in [2.45, 2.75) is 9.79 Å². The lowest BCUT2D eigenvalue weighted by molar-refractivity contribution is -0.384. The Morgan fingerprint density at radius 3 is 1.41 bits per heavy atom. The third-order valence-electron chi connectivity index (χ3n) is 3.67. The fourth-order valence-corrected chi connectivity index (χ4v) is 3.67. The fourth-order valence-electron chi connectivity index (χ4n) is 2.37. The van der Waals surface area contributed by atoms with Crippen molar-refractivity contribution < 1.29 is 18.3 Å². The Balaban J connectivity index is 2.66. The summed E-state index contributed by atoms with van der Waals surface area (Å²) in [7, 11) is -1.54. The Morgan fingerprint density at radius 2 is 1.15 bits per heavy atom. The van der Waals surface area contributed by atoms with Crippen LogP contribution >= 0.6 is 0 Å². The standard InChI is InChI=1S/C14H16N6O6S/c1-17(15)11-5-3-9(7-13(11)19(21)22)27(25,26)10-4-6-12(18(2)16)14(8-10)20(23)24/h3-8H,15-16H2,1-2H3. The summed E-state index contributed by atoms with van der Waals surface area (Å²) >= 11 is 0. The smallest absolute Gasteiger partial charge is 0.295 e. The summed E-state index contributed by atoms with van der Waals surface area (Å²) in [4.78, 5) is 20.1. The summed E-state index contributed by atoms with van der Waals surface area (Å²) in [5, 5.41) is 24.4. The van der Waals surface area contributed by atoms with Gasteiger partial charge in [-0.1, -0.05) is 0 Å². The van der Waals surface area contributed by atoms with Gasteiger partial charge in [0.05, 0.1) is 19.6 Å². The average molecular weight is 396 g/mol. The summed E-state index contributed by atoms with van der Waals surface area (Å²) in [5.74, 6) is 11.0. The molecule has 0 aliphatic heterocycles. The maximum Gasteiger partial charge on any atom is 0.295 e. The van der Waals surface area contributed by atoms with Crippen LogP contribution in [0.25, 0.3) is 0 Å². The van der Waals surface area contributed by atoms with Crippen LogP contribution in [-0.4, -0.2) is 32.4 Å². The number of nitro groups is 2. The van der Waals surface area contributed by atoms with Crippen molar-refractivity contribution in [1.82, 2.24) is 0 Å². The lowest BCUT2D eigenvalue weighted by Crippen LogP contribution is -2.26. The summed E-state index contributed by atoms with van der Waals surface area (Å²) in [6, 6.07) is 6.33. The highest BCUT2D eigenvalue weighted by Crippen LogP contribution is 2.34. The van der Waals surface area contributed by atoms with E-state index in [9.17, 15) is 28.6 Å². The molecular weight excluding hydrogens is 380 g/mol. The van der Waals surface area contributed by atoms with Gasteiger partial charge in [-0.2, -0.15) is 0 Å². The van der Waals surface area contributed by atoms with E-state index in [0.717, 1.165) is 34.3 Å². The number of hydrogen-bond acceptors (Lipinski definition) is 10. The molecule has 0 aliphatic rings. The maximum atomic E-state index is 12.8. The molecule has 2 rings (SSSR count). The van der Waals surface area contributed by atoms with Gasteiger partial charge in [0.25, 0.3) is 11.4 Å². The van der Waals surface area contributed by atoms with Crippen molar-refractivity contribution in [1.29, 1.82) is 0 Å². The molecule has 0 saturated heterocycles. The van der Waals surface area contributed by atoms with Gasteiger partial charge in [0.2, 0.25) is 9.84 Å². The largest absolute Gasteiger partial charge is 0.308 e. The van der Waals surface area contributed by atoms with Crippen LogP contribution < -0.4 is 21.7 Å². The monoisotopic (exact) mass is 396 g/mol. The van der Waals surface area contributed by atoms with Crippen LogP contribution in [-0.2, 0) is 9.84 Å². The molecule has 0 aromatic heterocycles. The number of benzene rings is 2. The molecule has 4 N–H and O–H groups in total. The molecule has 0 spiro atoms. The molecule has 0 heterocycles. The lowest BCUT2D eigenvalue weighted by Gasteiger charge is -2.14. The Kier molecular flexibility index (Phi) is 5.30. The molecule has 0 amide bonds. The van der Waals surface area contributed by atoms with Gasteiger partial charge in [-0.25, -0.2) is 20.1 Å². The van der Waals surface area contributed by atoms with Crippen molar-refractivity contribution >= 4 is 32.6 Å². The predicted octanol–water partition coefficient (Wildman–Crippen LogP) is 0.956. The Morgan fingerprint density at radius 1 is 0.815 bits per heavy atom. The number of sulfone groups is 1. The zero-order valence-corrected chi connectivity index (χ0v) is 15.1. The van der Waals surface area contributed by atoms with E-state index in [1.807, 2.05) is 0 Å². The van der Waals surface area contributed by atoms with Gasteiger partial charge in [0.1, 0.15) is 11.4 Å². The van der Waals surface area contributed by atoms with E-state index in [-0.39, 0.29) is 11.4 Å². The summed E-state index contributed by atoms with van der Waals surface area (Å²) in [6.07, 6.45) is 0. The molecule has 13 heteroatoms. The van der Waals surface area contributed by atoms with Crippen LogP contribution in [0.3, 0.4) is 0 Å². The van der Waals surface area contributed by atoms with Gasteiger partial charge in [0, 0.05) is 26.2 Å². The highest BCUT2D eigenvalue weighted by atomic mass is 32.2. The Hall–Kier alpha value is -3.29. The lowest BCUT2D eigenvalue weighted by atomic mass is 10.2. The van der Waals surface area contributed by atoms with Crippen LogP contribution in [0.1, 0.15) is 0 Å². The molecular formula is C14H16N6O6S. The highest BCUT2D eigenvalue weighted by Gasteiger charge is 2.27. The van der Waals surface area contributed by atoms with E-state index < -0.39 is 40.8 Å². The second-order valence-electron chi connectivity index (χ2n) is 5.54. The number of hydrogen-bond donors (Lipinski definition) is 2. The first kappa shape index (κ1) is 20.0. The van der Waals surface area contributed by atoms with Crippen LogP contribution in [0, 0.1) is 20.2 Å². The average Bonchev–Trinajstić information content (AvgIpc) is 2.60. The minimum Gasteiger partial charge on any atom is -0.308 e. The van der Waals surface area contributed by atoms with E-state index in [0.29, 0.717) is 0 Å². The number of nitro benzene ring substituents is 2. The van der Waals surface area contributed by atoms with Gasteiger partial charge in [-0.3, -0.25) is 20.2 Å². The molecule has 2 aromatic rings. The maximum absolute atomic E-state index is 12.8. The van der Waals surface area contributed by atoms with Crippen molar-refractivity contribution in [2.75, 3.05) is 24.1 Å². The van der Waals surface area contributed by atoms with Crippen molar-refractivity contribution in [3.63, 3.8) is 0 Å². The minimum atomic E-state index is -4.26. The first-order valence-electron chi connectivity index (χ1n) is 7.25. The molecule has 144 valence electrons. The normalized spacial score (nSPS) is 11.1. The third kappa shape index (κ3) is 3.79. The quantitative estimate of drug-likeness (QED) is 0.405. The molecule has 27 heavy (non-hydrogen) atoms. The molecule has 0 bridgehead atoms.